The molecule has 2 atom stereocenters. The summed E-state index contributed by atoms with van der Waals surface area (Å²) in [5.41, 5.74) is 0.464. The van der Waals surface area contributed by atoms with Crippen LogP contribution < -0.4 is 0 Å². The Balaban J connectivity index is 2.22. The van der Waals surface area contributed by atoms with E-state index < -0.39 is 21.1 Å². The van der Waals surface area contributed by atoms with E-state index in [0.717, 1.165) is 12.8 Å². The summed E-state index contributed by atoms with van der Waals surface area (Å²) < 4.78 is 24.0. The van der Waals surface area contributed by atoms with Gasteiger partial charge in [-0.25, -0.2) is 13.2 Å². The summed E-state index contributed by atoms with van der Waals surface area (Å²) in [6.45, 7) is 0. The first-order valence-corrected chi connectivity index (χ1v) is 9.46. The predicted molar refractivity (Wildman–Crippen MR) is 86.4 cm³/mol. The molecule has 2 rings (SSSR count). The Morgan fingerprint density at radius 3 is 2.13 bits per heavy atom. The van der Waals surface area contributed by atoms with Gasteiger partial charge in [-0.05, 0) is 37.1 Å². The Morgan fingerprint density at radius 1 is 1.09 bits per heavy atom. The van der Waals surface area contributed by atoms with Gasteiger partial charge in [0.15, 0.2) is 9.84 Å². The van der Waals surface area contributed by atoms with Crippen LogP contribution in [0.2, 0.25) is 0 Å². The number of sulfone groups is 1. The molecule has 1 saturated carbocycles. The SMILES string of the molecule is CN(C(=O)c1ccc(C(=O)O)cc1)[C@H]1CCCC[C@H]1S(C)(=O)=O. The van der Waals surface area contributed by atoms with Crippen LogP contribution in [0, 0.1) is 0 Å². The zero-order chi connectivity index (χ0) is 17.2. The Labute approximate surface area is 136 Å². The molecule has 0 bridgehead atoms. The highest BCUT2D eigenvalue weighted by molar-refractivity contribution is 7.91. The number of amides is 1. The van der Waals surface area contributed by atoms with E-state index in [1.54, 1.807) is 7.05 Å². The number of rotatable bonds is 4. The first-order chi connectivity index (χ1) is 10.7. The Kier molecular flexibility index (Phi) is 5.09. The largest absolute Gasteiger partial charge is 0.478 e. The van der Waals surface area contributed by atoms with Crippen molar-refractivity contribution in [1.82, 2.24) is 4.90 Å². The maximum absolute atomic E-state index is 12.6. The second kappa shape index (κ2) is 6.70. The highest BCUT2D eigenvalue weighted by atomic mass is 32.2. The monoisotopic (exact) mass is 339 g/mol. The number of hydrogen-bond donors (Lipinski definition) is 1. The van der Waals surface area contributed by atoms with Gasteiger partial charge >= 0.3 is 5.97 Å². The average Bonchev–Trinajstić information content (AvgIpc) is 2.52. The normalized spacial score (nSPS) is 21.7. The van der Waals surface area contributed by atoms with E-state index in [-0.39, 0.29) is 17.5 Å². The van der Waals surface area contributed by atoms with Crippen molar-refractivity contribution in [3.05, 3.63) is 35.4 Å². The highest BCUT2D eigenvalue weighted by Gasteiger charge is 2.37. The second-order valence-electron chi connectivity index (χ2n) is 6.02. The lowest BCUT2D eigenvalue weighted by Gasteiger charge is -2.37. The summed E-state index contributed by atoms with van der Waals surface area (Å²) in [6, 6.07) is 5.32. The molecule has 1 aliphatic rings. The fraction of sp³-hybridized carbons (Fsp3) is 0.500. The quantitative estimate of drug-likeness (QED) is 0.903. The van der Waals surface area contributed by atoms with Crippen LogP contribution in [0.25, 0.3) is 0 Å². The average molecular weight is 339 g/mol. The molecule has 126 valence electrons. The van der Waals surface area contributed by atoms with Crippen LogP contribution >= 0.6 is 0 Å². The summed E-state index contributed by atoms with van der Waals surface area (Å²) >= 11 is 0. The lowest BCUT2D eigenvalue weighted by molar-refractivity contribution is 0.0684. The molecule has 23 heavy (non-hydrogen) atoms. The molecule has 1 aromatic rings. The molecular weight excluding hydrogens is 318 g/mol. The van der Waals surface area contributed by atoms with E-state index in [4.69, 9.17) is 5.11 Å². The van der Waals surface area contributed by atoms with Crippen LogP contribution in [0.5, 0.6) is 0 Å². The molecule has 1 fully saturated rings. The molecule has 1 aromatic carbocycles. The maximum atomic E-state index is 12.6. The van der Waals surface area contributed by atoms with E-state index in [0.29, 0.717) is 18.4 Å². The molecule has 1 aliphatic carbocycles. The van der Waals surface area contributed by atoms with Gasteiger partial charge in [-0.1, -0.05) is 12.8 Å². The smallest absolute Gasteiger partial charge is 0.335 e. The topological polar surface area (TPSA) is 91.8 Å². The molecule has 1 N–H and O–H groups in total. The fourth-order valence-electron chi connectivity index (χ4n) is 3.13. The molecule has 0 aliphatic heterocycles. The molecule has 0 spiro atoms. The minimum Gasteiger partial charge on any atom is -0.478 e. The summed E-state index contributed by atoms with van der Waals surface area (Å²) in [4.78, 5) is 24.9. The van der Waals surface area contributed by atoms with Crippen molar-refractivity contribution < 1.29 is 23.1 Å². The fourth-order valence-corrected chi connectivity index (χ4v) is 4.61. The standard InChI is InChI=1S/C16H21NO5S/c1-17(13-5-3-4-6-14(13)23(2,21)22)15(18)11-7-9-12(10-8-11)16(19)20/h7-10,13-14H,3-6H2,1-2H3,(H,19,20)/t13-,14+/m0/s1. The first kappa shape index (κ1) is 17.5. The zero-order valence-corrected chi connectivity index (χ0v) is 14.0. The van der Waals surface area contributed by atoms with Gasteiger partial charge in [0.2, 0.25) is 0 Å². The van der Waals surface area contributed by atoms with Crippen molar-refractivity contribution in [1.29, 1.82) is 0 Å². The highest BCUT2D eigenvalue weighted by Crippen LogP contribution is 2.28. The van der Waals surface area contributed by atoms with E-state index >= 15 is 0 Å². The van der Waals surface area contributed by atoms with Crippen LogP contribution in [-0.4, -0.2) is 54.9 Å². The molecule has 0 heterocycles. The van der Waals surface area contributed by atoms with Crippen molar-refractivity contribution in [2.45, 2.75) is 37.0 Å². The van der Waals surface area contributed by atoms with Gasteiger partial charge in [0.25, 0.3) is 5.91 Å². The Bertz CT molecular complexity index is 696. The van der Waals surface area contributed by atoms with Crippen molar-refractivity contribution >= 4 is 21.7 Å². The number of carboxylic acid groups (broad SMARTS) is 1. The number of aromatic carboxylic acids is 1. The number of nitrogens with zero attached hydrogens (tertiary/aromatic N) is 1. The summed E-state index contributed by atoms with van der Waals surface area (Å²) in [5.74, 6) is -1.34. The first-order valence-electron chi connectivity index (χ1n) is 7.51. The molecule has 6 nitrogen and oxygen atoms in total. The van der Waals surface area contributed by atoms with Gasteiger partial charge in [-0.15, -0.1) is 0 Å². The van der Waals surface area contributed by atoms with Crippen molar-refractivity contribution in [3.63, 3.8) is 0 Å². The van der Waals surface area contributed by atoms with E-state index in [1.807, 2.05) is 0 Å². The number of carbonyl (C=O) groups excluding carboxylic acids is 1. The van der Waals surface area contributed by atoms with Crippen LogP contribution in [-0.2, 0) is 9.84 Å². The lowest BCUT2D eigenvalue weighted by Crippen LogP contribution is -2.49. The molecular formula is C16H21NO5S. The van der Waals surface area contributed by atoms with Crippen LogP contribution in [0.15, 0.2) is 24.3 Å². The third-order valence-electron chi connectivity index (χ3n) is 4.41. The maximum Gasteiger partial charge on any atom is 0.335 e. The van der Waals surface area contributed by atoms with E-state index in [1.165, 1.54) is 35.4 Å². The molecule has 1 amide bonds. The van der Waals surface area contributed by atoms with Crippen molar-refractivity contribution in [3.8, 4) is 0 Å². The zero-order valence-electron chi connectivity index (χ0n) is 13.2. The third-order valence-corrected chi connectivity index (χ3v) is 6.06. The molecule has 0 unspecified atom stereocenters. The minimum atomic E-state index is -3.23. The van der Waals surface area contributed by atoms with Crippen molar-refractivity contribution in [2.75, 3.05) is 13.3 Å². The third kappa shape index (κ3) is 3.90. The lowest BCUT2D eigenvalue weighted by atomic mass is 9.93. The van der Waals surface area contributed by atoms with Crippen LogP contribution in [0.4, 0.5) is 0 Å². The molecule has 0 aromatic heterocycles. The number of carboxylic acids is 1. The van der Waals surface area contributed by atoms with Gasteiger partial charge in [-0.3, -0.25) is 4.79 Å². The van der Waals surface area contributed by atoms with Gasteiger partial charge < -0.3 is 10.0 Å². The van der Waals surface area contributed by atoms with Crippen molar-refractivity contribution in [2.24, 2.45) is 0 Å². The number of hydrogen-bond acceptors (Lipinski definition) is 4. The van der Waals surface area contributed by atoms with Gasteiger partial charge in [-0.2, -0.15) is 0 Å². The van der Waals surface area contributed by atoms with Crippen LogP contribution in [0.3, 0.4) is 0 Å². The molecule has 0 saturated heterocycles. The van der Waals surface area contributed by atoms with Gasteiger partial charge in [0.1, 0.15) is 0 Å². The van der Waals surface area contributed by atoms with Gasteiger partial charge in [0, 0.05) is 24.9 Å². The minimum absolute atomic E-state index is 0.107. The summed E-state index contributed by atoms with van der Waals surface area (Å²) in [5, 5.41) is 8.35. The Hall–Kier alpha value is -1.89. The molecule has 0 radical (unpaired) electrons. The number of carbonyl (C=O) groups is 2. The van der Waals surface area contributed by atoms with Gasteiger partial charge in [0.05, 0.1) is 10.8 Å². The summed E-state index contributed by atoms with van der Waals surface area (Å²) in [6.07, 6.45) is 4.19. The van der Waals surface area contributed by atoms with E-state index in [2.05, 4.69) is 0 Å². The van der Waals surface area contributed by atoms with Crippen LogP contribution in [0.1, 0.15) is 46.4 Å². The molecule has 7 heteroatoms. The second-order valence-corrected chi connectivity index (χ2v) is 8.28. The predicted octanol–water partition coefficient (Wildman–Crippen LogP) is 1.81. The number of benzene rings is 1. The summed E-state index contributed by atoms with van der Waals surface area (Å²) in [7, 11) is -1.61. The Morgan fingerprint density at radius 2 is 1.61 bits per heavy atom. The van der Waals surface area contributed by atoms with E-state index in [9.17, 15) is 18.0 Å².